The van der Waals surface area contributed by atoms with Crippen LogP contribution in [0.5, 0.6) is 0 Å². The SMILES string of the molecule is CCN1CCC(N2CCN(C(C)(C)C)CC2)[C@@H](C)C1. The van der Waals surface area contributed by atoms with E-state index in [9.17, 15) is 0 Å². The van der Waals surface area contributed by atoms with Crippen molar-refractivity contribution in [3.63, 3.8) is 0 Å². The molecule has 0 aromatic carbocycles. The molecule has 3 nitrogen and oxygen atoms in total. The Morgan fingerprint density at radius 3 is 2.11 bits per heavy atom. The number of rotatable bonds is 2. The Bertz CT molecular complexity index is 276. The third-order valence-corrected chi connectivity index (χ3v) is 5.12. The van der Waals surface area contributed by atoms with E-state index in [2.05, 4.69) is 49.3 Å². The van der Waals surface area contributed by atoms with Crippen molar-refractivity contribution in [1.29, 1.82) is 0 Å². The van der Waals surface area contributed by atoms with Crippen LogP contribution in [0.25, 0.3) is 0 Å². The van der Waals surface area contributed by atoms with Crippen LogP contribution < -0.4 is 0 Å². The summed E-state index contributed by atoms with van der Waals surface area (Å²) in [7, 11) is 0. The Labute approximate surface area is 119 Å². The molecule has 0 aliphatic carbocycles. The average Bonchev–Trinajstić information content (AvgIpc) is 2.37. The van der Waals surface area contributed by atoms with E-state index >= 15 is 0 Å². The maximum Gasteiger partial charge on any atom is 0.0146 e. The normalized spacial score (nSPS) is 32.7. The van der Waals surface area contributed by atoms with Crippen molar-refractivity contribution in [1.82, 2.24) is 14.7 Å². The number of piperidine rings is 1. The standard InChI is InChI=1S/C16H33N3/c1-6-17-8-7-15(14(2)13-17)18-9-11-19(12-10-18)16(3,4)5/h14-15H,6-13H2,1-5H3/t14-,15?/m0/s1. The molecule has 2 atom stereocenters. The second-order valence-electron chi connectivity index (χ2n) is 7.42. The summed E-state index contributed by atoms with van der Waals surface area (Å²) in [4.78, 5) is 8.00. The minimum absolute atomic E-state index is 0.337. The van der Waals surface area contributed by atoms with E-state index in [1.807, 2.05) is 0 Å². The molecule has 0 spiro atoms. The predicted molar refractivity (Wildman–Crippen MR) is 82.6 cm³/mol. The van der Waals surface area contributed by atoms with Crippen LogP contribution in [0.4, 0.5) is 0 Å². The first kappa shape index (κ1) is 15.3. The second-order valence-corrected chi connectivity index (χ2v) is 7.42. The second kappa shape index (κ2) is 6.11. The first-order valence-corrected chi connectivity index (χ1v) is 8.13. The number of hydrogen-bond acceptors (Lipinski definition) is 3. The highest BCUT2D eigenvalue weighted by Crippen LogP contribution is 2.24. The summed E-state index contributed by atoms with van der Waals surface area (Å²) < 4.78 is 0. The van der Waals surface area contributed by atoms with Crippen LogP contribution in [0.15, 0.2) is 0 Å². The summed E-state index contributed by atoms with van der Waals surface area (Å²) in [6, 6.07) is 0.824. The molecule has 2 aliphatic heterocycles. The Morgan fingerprint density at radius 1 is 1.00 bits per heavy atom. The van der Waals surface area contributed by atoms with Crippen LogP contribution in [0, 0.1) is 5.92 Å². The molecule has 0 bridgehead atoms. The highest BCUT2D eigenvalue weighted by Gasteiger charge is 2.33. The molecule has 2 rings (SSSR count). The van der Waals surface area contributed by atoms with Crippen LogP contribution in [0.3, 0.4) is 0 Å². The molecule has 1 unspecified atom stereocenters. The molecule has 2 fully saturated rings. The lowest BCUT2D eigenvalue weighted by atomic mass is 9.91. The van der Waals surface area contributed by atoms with Crippen LogP contribution in [0.1, 0.15) is 41.0 Å². The smallest absolute Gasteiger partial charge is 0.0146 e. The van der Waals surface area contributed by atoms with Gasteiger partial charge in [0.1, 0.15) is 0 Å². The molecule has 2 saturated heterocycles. The highest BCUT2D eigenvalue weighted by molar-refractivity contribution is 4.89. The van der Waals surface area contributed by atoms with Crippen molar-refractivity contribution >= 4 is 0 Å². The Balaban J connectivity index is 1.85. The Kier molecular flexibility index (Phi) is 4.91. The number of nitrogens with zero attached hydrogens (tertiary/aromatic N) is 3. The van der Waals surface area contributed by atoms with Gasteiger partial charge in [-0.15, -0.1) is 0 Å². The molecule has 0 aromatic heterocycles. The van der Waals surface area contributed by atoms with E-state index in [1.165, 1.54) is 52.2 Å². The molecule has 0 saturated carbocycles. The van der Waals surface area contributed by atoms with Gasteiger partial charge in [0, 0.05) is 44.3 Å². The lowest BCUT2D eigenvalue weighted by molar-refractivity contribution is 0.00507. The van der Waals surface area contributed by atoms with Gasteiger partial charge in [-0.1, -0.05) is 13.8 Å². The van der Waals surface area contributed by atoms with Crippen molar-refractivity contribution in [3.05, 3.63) is 0 Å². The van der Waals surface area contributed by atoms with Crippen molar-refractivity contribution in [2.75, 3.05) is 45.8 Å². The summed E-state index contributed by atoms with van der Waals surface area (Å²) in [5.74, 6) is 0.829. The molecule has 0 amide bonds. The summed E-state index contributed by atoms with van der Waals surface area (Å²) >= 11 is 0. The maximum absolute atomic E-state index is 2.76. The average molecular weight is 267 g/mol. The highest BCUT2D eigenvalue weighted by atomic mass is 15.3. The van der Waals surface area contributed by atoms with Crippen LogP contribution >= 0.6 is 0 Å². The van der Waals surface area contributed by atoms with Crippen LogP contribution in [-0.4, -0.2) is 72.1 Å². The van der Waals surface area contributed by atoms with E-state index in [0.717, 1.165) is 12.0 Å². The van der Waals surface area contributed by atoms with Gasteiger partial charge in [0.05, 0.1) is 0 Å². The summed E-state index contributed by atoms with van der Waals surface area (Å²) in [6.45, 7) is 20.6. The molecule has 0 radical (unpaired) electrons. The summed E-state index contributed by atoms with van der Waals surface area (Å²) in [5, 5.41) is 0. The van der Waals surface area contributed by atoms with E-state index in [1.54, 1.807) is 0 Å². The van der Waals surface area contributed by atoms with Crippen molar-refractivity contribution in [2.45, 2.75) is 52.6 Å². The third kappa shape index (κ3) is 3.71. The fourth-order valence-corrected chi connectivity index (χ4v) is 3.77. The van der Waals surface area contributed by atoms with Gasteiger partial charge in [-0.3, -0.25) is 9.80 Å². The zero-order chi connectivity index (χ0) is 14.0. The fraction of sp³-hybridized carbons (Fsp3) is 1.00. The minimum Gasteiger partial charge on any atom is -0.303 e. The van der Waals surface area contributed by atoms with Crippen molar-refractivity contribution < 1.29 is 0 Å². The van der Waals surface area contributed by atoms with Gasteiger partial charge in [-0.2, -0.15) is 0 Å². The molecular formula is C16H33N3. The topological polar surface area (TPSA) is 9.72 Å². The monoisotopic (exact) mass is 267 g/mol. The minimum atomic E-state index is 0.337. The van der Waals surface area contributed by atoms with Crippen LogP contribution in [-0.2, 0) is 0 Å². The first-order valence-electron chi connectivity index (χ1n) is 8.13. The molecule has 0 N–H and O–H groups in total. The quantitative estimate of drug-likeness (QED) is 0.759. The molecular weight excluding hydrogens is 234 g/mol. The Morgan fingerprint density at radius 2 is 1.63 bits per heavy atom. The lowest BCUT2D eigenvalue weighted by Crippen LogP contribution is -2.58. The Hall–Kier alpha value is -0.120. The zero-order valence-electron chi connectivity index (χ0n) is 13.7. The zero-order valence-corrected chi connectivity index (χ0v) is 13.7. The van der Waals surface area contributed by atoms with Gasteiger partial charge in [-0.05, 0) is 46.2 Å². The summed E-state index contributed by atoms with van der Waals surface area (Å²) in [6.07, 6.45) is 1.37. The molecule has 2 aliphatic rings. The van der Waals surface area contributed by atoms with E-state index in [0.29, 0.717) is 5.54 Å². The van der Waals surface area contributed by atoms with Gasteiger partial charge < -0.3 is 4.90 Å². The fourth-order valence-electron chi connectivity index (χ4n) is 3.77. The van der Waals surface area contributed by atoms with E-state index in [4.69, 9.17) is 0 Å². The molecule has 2 heterocycles. The van der Waals surface area contributed by atoms with Crippen LogP contribution in [0.2, 0.25) is 0 Å². The summed E-state index contributed by atoms with van der Waals surface area (Å²) in [5.41, 5.74) is 0.337. The molecule has 112 valence electrons. The number of piperazine rings is 1. The maximum atomic E-state index is 2.76. The third-order valence-electron chi connectivity index (χ3n) is 5.12. The van der Waals surface area contributed by atoms with Crippen molar-refractivity contribution in [3.8, 4) is 0 Å². The van der Waals surface area contributed by atoms with Gasteiger partial charge in [-0.25, -0.2) is 0 Å². The van der Waals surface area contributed by atoms with Crippen molar-refractivity contribution in [2.24, 2.45) is 5.92 Å². The molecule has 19 heavy (non-hydrogen) atoms. The largest absolute Gasteiger partial charge is 0.303 e. The lowest BCUT2D eigenvalue weighted by Gasteiger charge is -2.48. The van der Waals surface area contributed by atoms with E-state index in [-0.39, 0.29) is 0 Å². The number of hydrogen-bond donors (Lipinski definition) is 0. The van der Waals surface area contributed by atoms with Gasteiger partial charge in [0.15, 0.2) is 0 Å². The number of likely N-dealkylation sites (tertiary alicyclic amines) is 1. The van der Waals surface area contributed by atoms with Gasteiger partial charge in [0.2, 0.25) is 0 Å². The van der Waals surface area contributed by atoms with Gasteiger partial charge >= 0.3 is 0 Å². The predicted octanol–water partition coefficient (Wildman–Crippen LogP) is 2.13. The molecule has 0 aromatic rings. The van der Waals surface area contributed by atoms with E-state index < -0.39 is 0 Å². The first-order chi connectivity index (χ1) is 8.91. The van der Waals surface area contributed by atoms with Gasteiger partial charge in [0.25, 0.3) is 0 Å². The molecule has 3 heteroatoms.